The number of halogens is 1. The molecular weight excluding hydrogens is 230 g/mol. The number of ether oxygens (including phenoxy) is 2. The van der Waals surface area contributed by atoms with E-state index in [1.54, 1.807) is 0 Å². The minimum atomic E-state index is 0.249. The first-order chi connectivity index (χ1) is 7.77. The van der Waals surface area contributed by atoms with Crippen LogP contribution in [0.2, 0.25) is 5.02 Å². The maximum absolute atomic E-state index is 5.91. The number of hydrogen-bond donors (Lipinski definition) is 1. The summed E-state index contributed by atoms with van der Waals surface area (Å²) in [5.74, 6) is 1.11. The summed E-state index contributed by atoms with van der Waals surface area (Å²) in [7, 11) is 0. The van der Waals surface area contributed by atoms with Crippen LogP contribution in [-0.4, -0.2) is 29.8 Å². The van der Waals surface area contributed by atoms with Crippen LogP contribution in [0, 0.1) is 5.92 Å². The molecule has 0 aliphatic carbocycles. The topological polar surface area (TPSA) is 70.3 Å². The first kappa shape index (κ1) is 11.4. The van der Waals surface area contributed by atoms with Crippen molar-refractivity contribution in [3.63, 3.8) is 0 Å². The lowest BCUT2D eigenvalue weighted by Gasteiger charge is -2.21. The Bertz CT molecular complexity index is 356. The Morgan fingerprint density at radius 1 is 1.44 bits per heavy atom. The van der Waals surface area contributed by atoms with Crippen LogP contribution in [0.3, 0.4) is 0 Å². The van der Waals surface area contributed by atoms with Crippen LogP contribution < -0.4 is 10.5 Å². The Morgan fingerprint density at radius 3 is 2.94 bits per heavy atom. The van der Waals surface area contributed by atoms with Crippen LogP contribution in [0.4, 0.5) is 5.82 Å². The molecule has 2 rings (SSSR count). The van der Waals surface area contributed by atoms with Gasteiger partial charge in [-0.15, -0.1) is 0 Å². The standard InChI is InChI=1S/C10H14ClN3O2/c11-8-9(12)13-6-14-10(8)16-5-7-1-3-15-4-2-7/h6-7H,1-5H2,(H2,12,13,14). The second-order valence-corrected chi connectivity index (χ2v) is 4.12. The summed E-state index contributed by atoms with van der Waals surface area (Å²) in [5, 5.41) is 0.287. The first-order valence-corrected chi connectivity index (χ1v) is 5.61. The van der Waals surface area contributed by atoms with Gasteiger partial charge in [0.1, 0.15) is 17.2 Å². The van der Waals surface area contributed by atoms with E-state index in [-0.39, 0.29) is 10.8 Å². The van der Waals surface area contributed by atoms with Gasteiger partial charge in [-0.3, -0.25) is 0 Å². The van der Waals surface area contributed by atoms with Crippen molar-refractivity contribution in [2.24, 2.45) is 5.92 Å². The zero-order chi connectivity index (χ0) is 11.4. The van der Waals surface area contributed by atoms with Gasteiger partial charge in [-0.2, -0.15) is 0 Å². The molecule has 0 saturated carbocycles. The van der Waals surface area contributed by atoms with Gasteiger partial charge in [0.15, 0.2) is 0 Å². The van der Waals surface area contributed by atoms with Crippen LogP contribution in [0.5, 0.6) is 5.88 Å². The first-order valence-electron chi connectivity index (χ1n) is 5.24. The van der Waals surface area contributed by atoms with Crippen LogP contribution in [-0.2, 0) is 4.74 Å². The van der Waals surface area contributed by atoms with Crippen molar-refractivity contribution >= 4 is 17.4 Å². The van der Waals surface area contributed by atoms with Gasteiger partial charge in [0.25, 0.3) is 0 Å². The molecule has 1 fully saturated rings. The molecule has 0 aromatic carbocycles. The maximum atomic E-state index is 5.91. The highest BCUT2D eigenvalue weighted by Gasteiger charge is 2.16. The van der Waals surface area contributed by atoms with Crippen molar-refractivity contribution in [3.8, 4) is 5.88 Å². The Hall–Kier alpha value is -1.07. The summed E-state index contributed by atoms with van der Waals surface area (Å²) >= 11 is 5.91. The van der Waals surface area contributed by atoms with E-state index in [0.29, 0.717) is 18.4 Å². The predicted molar refractivity (Wildman–Crippen MR) is 60.5 cm³/mol. The number of aromatic nitrogens is 2. The van der Waals surface area contributed by atoms with Gasteiger partial charge in [0, 0.05) is 13.2 Å². The fourth-order valence-electron chi connectivity index (χ4n) is 1.58. The summed E-state index contributed by atoms with van der Waals surface area (Å²) < 4.78 is 10.8. The van der Waals surface area contributed by atoms with E-state index in [0.717, 1.165) is 26.1 Å². The maximum Gasteiger partial charge on any atom is 0.237 e. The van der Waals surface area contributed by atoms with E-state index in [4.69, 9.17) is 26.8 Å². The average molecular weight is 244 g/mol. The molecule has 1 aliphatic heterocycles. The van der Waals surface area contributed by atoms with E-state index < -0.39 is 0 Å². The summed E-state index contributed by atoms with van der Waals surface area (Å²) in [6, 6.07) is 0. The molecule has 0 unspecified atom stereocenters. The van der Waals surface area contributed by atoms with E-state index >= 15 is 0 Å². The molecule has 1 aromatic heterocycles. The second-order valence-electron chi connectivity index (χ2n) is 3.74. The Kier molecular flexibility index (Phi) is 3.79. The summed E-state index contributed by atoms with van der Waals surface area (Å²) in [5.41, 5.74) is 5.55. The van der Waals surface area contributed by atoms with Crippen LogP contribution in [0.15, 0.2) is 6.33 Å². The third kappa shape index (κ3) is 2.74. The monoisotopic (exact) mass is 243 g/mol. The molecule has 0 bridgehead atoms. The molecule has 5 nitrogen and oxygen atoms in total. The molecule has 1 aromatic rings. The molecule has 0 radical (unpaired) electrons. The number of anilines is 1. The second kappa shape index (κ2) is 5.32. The Balaban J connectivity index is 1.91. The highest BCUT2D eigenvalue weighted by molar-refractivity contribution is 6.33. The quantitative estimate of drug-likeness (QED) is 0.872. The SMILES string of the molecule is Nc1ncnc(OCC2CCOCC2)c1Cl. The highest BCUT2D eigenvalue weighted by atomic mass is 35.5. The van der Waals surface area contributed by atoms with Gasteiger partial charge in [0.05, 0.1) is 6.61 Å². The van der Waals surface area contributed by atoms with Crippen molar-refractivity contribution in [1.29, 1.82) is 0 Å². The molecule has 6 heteroatoms. The minimum Gasteiger partial charge on any atom is -0.476 e. The van der Waals surface area contributed by atoms with Crippen molar-refractivity contribution in [2.45, 2.75) is 12.8 Å². The molecular formula is C10H14ClN3O2. The van der Waals surface area contributed by atoms with Gasteiger partial charge < -0.3 is 15.2 Å². The molecule has 0 atom stereocenters. The summed E-state index contributed by atoms with van der Waals surface area (Å²) in [6.45, 7) is 2.20. The van der Waals surface area contributed by atoms with Crippen LogP contribution >= 0.6 is 11.6 Å². The van der Waals surface area contributed by atoms with Gasteiger partial charge in [0.2, 0.25) is 5.88 Å². The van der Waals surface area contributed by atoms with Gasteiger partial charge in [-0.05, 0) is 18.8 Å². The third-order valence-corrected chi connectivity index (χ3v) is 2.94. The number of nitrogens with two attached hydrogens (primary N) is 1. The lowest BCUT2D eigenvalue weighted by molar-refractivity contribution is 0.0490. The van der Waals surface area contributed by atoms with E-state index in [9.17, 15) is 0 Å². The van der Waals surface area contributed by atoms with Crippen LogP contribution in [0.1, 0.15) is 12.8 Å². The molecule has 88 valence electrons. The lowest BCUT2D eigenvalue weighted by atomic mass is 10.0. The minimum absolute atomic E-state index is 0.249. The normalized spacial score (nSPS) is 17.3. The molecule has 1 saturated heterocycles. The molecule has 2 heterocycles. The van der Waals surface area contributed by atoms with Crippen molar-refractivity contribution in [3.05, 3.63) is 11.3 Å². The number of rotatable bonds is 3. The van der Waals surface area contributed by atoms with Crippen molar-refractivity contribution in [1.82, 2.24) is 9.97 Å². The number of nitrogens with zero attached hydrogens (tertiary/aromatic N) is 2. The number of nitrogen functional groups attached to an aromatic ring is 1. The van der Waals surface area contributed by atoms with Gasteiger partial charge in [-0.1, -0.05) is 11.6 Å². The molecule has 2 N–H and O–H groups in total. The van der Waals surface area contributed by atoms with E-state index in [1.165, 1.54) is 6.33 Å². The summed E-state index contributed by atoms with van der Waals surface area (Å²) in [6.07, 6.45) is 3.37. The Morgan fingerprint density at radius 2 is 2.19 bits per heavy atom. The third-order valence-electron chi connectivity index (χ3n) is 2.58. The Labute approximate surface area is 98.9 Å². The smallest absolute Gasteiger partial charge is 0.237 e. The fourth-order valence-corrected chi connectivity index (χ4v) is 1.73. The van der Waals surface area contributed by atoms with Gasteiger partial charge >= 0.3 is 0 Å². The average Bonchev–Trinajstić information content (AvgIpc) is 2.32. The van der Waals surface area contributed by atoms with Gasteiger partial charge in [-0.25, -0.2) is 9.97 Å². The zero-order valence-electron chi connectivity index (χ0n) is 8.86. The lowest BCUT2D eigenvalue weighted by Crippen LogP contribution is -2.21. The largest absolute Gasteiger partial charge is 0.476 e. The molecule has 0 spiro atoms. The van der Waals surface area contributed by atoms with Crippen molar-refractivity contribution in [2.75, 3.05) is 25.6 Å². The molecule has 16 heavy (non-hydrogen) atoms. The van der Waals surface area contributed by atoms with Crippen molar-refractivity contribution < 1.29 is 9.47 Å². The fraction of sp³-hybridized carbons (Fsp3) is 0.600. The number of hydrogen-bond acceptors (Lipinski definition) is 5. The van der Waals surface area contributed by atoms with E-state index in [1.807, 2.05) is 0 Å². The van der Waals surface area contributed by atoms with E-state index in [2.05, 4.69) is 9.97 Å². The zero-order valence-corrected chi connectivity index (χ0v) is 9.61. The van der Waals surface area contributed by atoms with Crippen LogP contribution in [0.25, 0.3) is 0 Å². The molecule has 1 aliphatic rings. The highest BCUT2D eigenvalue weighted by Crippen LogP contribution is 2.26. The summed E-state index contributed by atoms with van der Waals surface area (Å²) in [4.78, 5) is 7.72. The predicted octanol–water partition coefficient (Wildman–Crippen LogP) is 1.52. The molecule has 0 amide bonds.